The van der Waals surface area contributed by atoms with E-state index >= 15 is 0 Å². The summed E-state index contributed by atoms with van der Waals surface area (Å²) in [4.78, 5) is 6.72. The molecule has 2 saturated heterocycles. The van der Waals surface area contributed by atoms with Crippen molar-refractivity contribution < 1.29 is 5.11 Å². The Morgan fingerprint density at radius 1 is 1.18 bits per heavy atom. The first-order chi connectivity index (χ1) is 10.7. The maximum absolute atomic E-state index is 10.6. The van der Waals surface area contributed by atoms with Crippen LogP contribution in [0.1, 0.15) is 36.1 Å². The Labute approximate surface area is 137 Å². The maximum atomic E-state index is 10.6. The van der Waals surface area contributed by atoms with Gasteiger partial charge in [-0.1, -0.05) is 0 Å². The van der Waals surface area contributed by atoms with E-state index in [2.05, 4.69) is 28.2 Å². The van der Waals surface area contributed by atoms with Gasteiger partial charge in [0.05, 0.1) is 6.10 Å². The molecule has 1 aromatic rings. The molecule has 4 rings (SSSR count). The minimum absolute atomic E-state index is 0.0947. The fourth-order valence-electron chi connectivity index (χ4n) is 4.87. The van der Waals surface area contributed by atoms with Crippen LogP contribution in [-0.2, 0) is 6.54 Å². The standard InChI is InChI=1S/C18H28N2OS/c1-13-4-7-22-18(13)12-19-10-14-8-16(20-5-2-3-6-20)17(21)9-15(14)11-19/h4,7,14-17,21H,2-3,5-6,8-12H2,1H3/t14-,15+,16-,17-/m1/s1. The third-order valence-corrected chi connectivity index (χ3v) is 7.14. The van der Waals surface area contributed by atoms with E-state index in [-0.39, 0.29) is 6.10 Å². The summed E-state index contributed by atoms with van der Waals surface area (Å²) in [6.45, 7) is 8.17. The fraction of sp³-hybridized carbons (Fsp3) is 0.778. The molecule has 3 fully saturated rings. The van der Waals surface area contributed by atoms with Gasteiger partial charge in [0.1, 0.15) is 0 Å². The maximum Gasteiger partial charge on any atom is 0.0698 e. The lowest BCUT2D eigenvalue weighted by molar-refractivity contribution is -0.000861. The van der Waals surface area contributed by atoms with Crippen molar-refractivity contribution in [1.29, 1.82) is 0 Å². The number of likely N-dealkylation sites (tertiary alicyclic amines) is 2. The van der Waals surface area contributed by atoms with Crippen molar-refractivity contribution in [1.82, 2.24) is 9.80 Å². The largest absolute Gasteiger partial charge is 0.391 e. The van der Waals surface area contributed by atoms with Gasteiger partial charge < -0.3 is 5.11 Å². The molecule has 0 bridgehead atoms. The zero-order valence-electron chi connectivity index (χ0n) is 13.6. The van der Waals surface area contributed by atoms with Crippen molar-refractivity contribution in [2.75, 3.05) is 26.2 Å². The molecule has 3 nitrogen and oxygen atoms in total. The van der Waals surface area contributed by atoms with Gasteiger partial charge in [0.15, 0.2) is 0 Å². The molecular weight excluding hydrogens is 292 g/mol. The molecule has 0 aromatic carbocycles. The van der Waals surface area contributed by atoms with E-state index in [9.17, 15) is 5.11 Å². The number of aryl methyl sites for hydroxylation is 1. The number of aliphatic hydroxyl groups excluding tert-OH is 1. The smallest absolute Gasteiger partial charge is 0.0698 e. The molecule has 3 heterocycles. The number of rotatable bonds is 3. The van der Waals surface area contributed by atoms with Crippen molar-refractivity contribution in [3.63, 3.8) is 0 Å². The Balaban J connectivity index is 1.39. The second-order valence-corrected chi connectivity index (χ2v) is 8.59. The van der Waals surface area contributed by atoms with Crippen molar-refractivity contribution in [2.24, 2.45) is 11.8 Å². The average Bonchev–Trinajstić information content (AvgIpc) is 3.20. The second-order valence-electron chi connectivity index (χ2n) is 7.59. The number of aliphatic hydroxyl groups is 1. The van der Waals surface area contributed by atoms with Gasteiger partial charge in [-0.05, 0) is 74.5 Å². The molecule has 1 saturated carbocycles. The highest BCUT2D eigenvalue weighted by atomic mass is 32.1. The van der Waals surface area contributed by atoms with Gasteiger partial charge >= 0.3 is 0 Å². The van der Waals surface area contributed by atoms with E-state index < -0.39 is 0 Å². The summed E-state index contributed by atoms with van der Waals surface area (Å²) in [7, 11) is 0. The van der Waals surface area contributed by atoms with Crippen LogP contribution in [0.15, 0.2) is 11.4 Å². The topological polar surface area (TPSA) is 26.7 Å². The van der Waals surface area contributed by atoms with Crippen LogP contribution in [0, 0.1) is 18.8 Å². The summed E-state index contributed by atoms with van der Waals surface area (Å²) in [5.74, 6) is 1.52. The third-order valence-electron chi connectivity index (χ3n) is 6.13. The zero-order chi connectivity index (χ0) is 15.1. The highest BCUT2D eigenvalue weighted by molar-refractivity contribution is 7.10. The van der Waals surface area contributed by atoms with Gasteiger partial charge in [-0.2, -0.15) is 0 Å². The fourth-order valence-corrected chi connectivity index (χ4v) is 5.82. The van der Waals surface area contributed by atoms with Crippen LogP contribution in [-0.4, -0.2) is 53.2 Å². The van der Waals surface area contributed by atoms with Crippen molar-refractivity contribution in [3.05, 3.63) is 21.9 Å². The zero-order valence-corrected chi connectivity index (χ0v) is 14.4. The number of thiophene rings is 1. The molecule has 4 heteroatoms. The first-order valence-electron chi connectivity index (χ1n) is 8.88. The molecule has 0 spiro atoms. The van der Waals surface area contributed by atoms with Gasteiger partial charge in [0.25, 0.3) is 0 Å². The van der Waals surface area contributed by atoms with Crippen molar-refractivity contribution >= 4 is 11.3 Å². The Kier molecular flexibility index (Phi) is 4.29. The lowest BCUT2D eigenvalue weighted by atomic mass is 9.77. The monoisotopic (exact) mass is 320 g/mol. The summed E-state index contributed by atoms with van der Waals surface area (Å²) in [6, 6.07) is 2.67. The lowest BCUT2D eigenvalue weighted by Crippen LogP contribution is -2.48. The molecule has 4 atom stereocenters. The number of nitrogens with zero attached hydrogens (tertiary/aromatic N) is 2. The molecule has 1 N–H and O–H groups in total. The van der Waals surface area contributed by atoms with Crippen molar-refractivity contribution in [2.45, 2.75) is 51.3 Å². The summed E-state index contributed by atoms with van der Waals surface area (Å²) in [5.41, 5.74) is 1.44. The summed E-state index contributed by atoms with van der Waals surface area (Å²) in [6.07, 6.45) is 4.78. The molecule has 0 amide bonds. The summed E-state index contributed by atoms with van der Waals surface area (Å²) in [5, 5.41) is 12.8. The van der Waals surface area contributed by atoms with E-state index in [4.69, 9.17) is 0 Å². The predicted molar refractivity (Wildman–Crippen MR) is 91.1 cm³/mol. The molecule has 122 valence electrons. The van der Waals surface area contributed by atoms with E-state index in [0.717, 1.165) is 18.9 Å². The van der Waals surface area contributed by atoms with Gasteiger partial charge in [-0.3, -0.25) is 9.80 Å². The Hall–Kier alpha value is -0.420. The van der Waals surface area contributed by atoms with E-state index in [0.29, 0.717) is 12.0 Å². The molecule has 1 aliphatic carbocycles. The molecule has 3 aliphatic rings. The minimum Gasteiger partial charge on any atom is -0.391 e. The van der Waals surface area contributed by atoms with Crippen LogP contribution < -0.4 is 0 Å². The SMILES string of the molecule is Cc1ccsc1CN1C[C@H]2C[C@@H](N3CCCC3)[C@H](O)C[C@H]2C1. The average molecular weight is 321 g/mol. The van der Waals surface area contributed by atoms with Crippen LogP contribution >= 0.6 is 11.3 Å². The Bertz CT molecular complexity index is 511. The van der Waals surface area contributed by atoms with Crippen LogP contribution in [0.25, 0.3) is 0 Å². The Morgan fingerprint density at radius 2 is 1.91 bits per heavy atom. The first kappa shape index (κ1) is 15.1. The molecule has 0 radical (unpaired) electrons. The highest BCUT2D eigenvalue weighted by Gasteiger charge is 2.43. The molecule has 2 aliphatic heterocycles. The quantitative estimate of drug-likeness (QED) is 0.928. The van der Waals surface area contributed by atoms with Crippen LogP contribution in [0.2, 0.25) is 0 Å². The first-order valence-corrected chi connectivity index (χ1v) is 9.76. The lowest BCUT2D eigenvalue weighted by Gasteiger charge is -2.40. The normalized spacial score (nSPS) is 36.8. The van der Waals surface area contributed by atoms with E-state index in [1.807, 2.05) is 11.3 Å². The second kappa shape index (κ2) is 6.23. The van der Waals surface area contributed by atoms with Gasteiger partial charge in [-0.15, -0.1) is 11.3 Å². The van der Waals surface area contributed by atoms with Gasteiger partial charge in [0, 0.05) is 30.6 Å². The predicted octanol–water partition coefficient (Wildman–Crippen LogP) is 2.72. The third kappa shape index (κ3) is 2.86. The van der Waals surface area contributed by atoms with Gasteiger partial charge in [-0.25, -0.2) is 0 Å². The molecule has 1 aromatic heterocycles. The van der Waals surface area contributed by atoms with Crippen LogP contribution in [0.3, 0.4) is 0 Å². The summed E-state index contributed by atoms with van der Waals surface area (Å²) < 4.78 is 0. The van der Waals surface area contributed by atoms with Gasteiger partial charge in [0.2, 0.25) is 0 Å². The summed E-state index contributed by atoms with van der Waals surface area (Å²) >= 11 is 1.89. The van der Waals surface area contributed by atoms with Crippen LogP contribution in [0.4, 0.5) is 0 Å². The van der Waals surface area contributed by atoms with Crippen LogP contribution in [0.5, 0.6) is 0 Å². The van der Waals surface area contributed by atoms with E-state index in [1.165, 1.54) is 55.9 Å². The number of hydrogen-bond acceptors (Lipinski definition) is 4. The molecular formula is C18H28N2OS. The number of hydrogen-bond donors (Lipinski definition) is 1. The van der Waals surface area contributed by atoms with Crippen molar-refractivity contribution in [3.8, 4) is 0 Å². The Morgan fingerprint density at radius 3 is 2.59 bits per heavy atom. The minimum atomic E-state index is -0.0947. The number of fused-ring (bicyclic) bond motifs is 1. The highest BCUT2D eigenvalue weighted by Crippen LogP contribution is 2.39. The molecule has 0 unspecified atom stereocenters. The van der Waals surface area contributed by atoms with E-state index in [1.54, 1.807) is 0 Å². The molecule has 22 heavy (non-hydrogen) atoms.